The average molecular weight is 2050 g/mol. The Morgan fingerprint density at radius 2 is 0.644 bits per heavy atom. The summed E-state index contributed by atoms with van der Waals surface area (Å²) in [5.74, 6) is -0.0510. The Morgan fingerprint density at radius 1 is 0.356 bits per heavy atom. The fourth-order valence-electron chi connectivity index (χ4n) is 14.0. The van der Waals surface area contributed by atoms with E-state index < -0.39 is 163 Å². The third-order valence-corrected chi connectivity index (χ3v) is 39.9. The van der Waals surface area contributed by atoms with Crippen molar-refractivity contribution < 1.29 is 199 Å². The lowest BCUT2D eigenvalue weighted by Crippen LogP contribution is -2.38. The molecule has 4 aromatic carbocycles. The molecule has 0 amide bonds. The summed E-state index contributed by atoms with van der Waals surface area (Å²) < 4.78 is 196. The minimum Gasteiger partial charge on any atom is -0.493 e. The van der Waals surface area contributed by atoms with Gasteiger partial charge in [0.2, 0.25) is 25.2 Å². The summed E-state index contributed by atoms with van der Waals surface area (Å²) in [5.41, 5.74) is 1.48. The van der Waals surface area contributed by atoms with Crippen LogP contribution in [-0.2, 0) is 117 Å². The van der Waals surface area contributed by atoms with Gasteiger partial charge in [-0.1, -0.05) is 54.4 Å². The molecule has 0 radical (unpaired) electrons. The van der Waals surface area contributed by atoms with Gasteiger partial charge in [0.05, 0.1) is 25.9 Å². The van der Waals surface area contributed by atoms with E-state index in [4.69, 9.17) is 83.6 Å². The number of benzene rings is 4. The van der Waals surface area contributed by atoms with Crippen LogP contribution in [0.1, 0.15) is 166 Å². The van der Waals surface area contributed by atoms with E-state index in [1.54, 1.807) is 26.8 Å². The number of hydrogen-bond donors (Lipinski definition) is 12. The Labute approximate surface area is 769 Å². The average Bonchev–Trinajstić information content (AvgIpc) is 1.18. The number of aryl methyl sites for hydroxylation is 1. The summed E-state index contributed by atoms with van der Waals surface area (Å²) >= 11 is 0. The number of rotatable bonds is 22. The second-order valence-corrected chi connectivity index (χ2v) is 49.0. The van der Waals surface area contributed by atoms with Gasteiger partial charge >= 0.3 is 85.4 Å². The number of carbonyl (C=O) groups excluding carboxylic acids is 4. The van der Waals surface area contributed by atoms with Gasteiger partial charge < -0.3 is 107 Å². The van der Waals surface area contributed by atoms with E-state index in [0.29, 0.717) is 5.56 Å². The molecule has 0 bridgehead atoms. The molecule has 15 rings (SSSR count). The van der Waals surface area contributed by atoms with Crippen molar-refractivity contribution in [2.75, 3.05) is 14.2 Å². The quantitative estimate of drug-likeness (QED) is 0.0130. The Kier molecular flexibility index (Phi) is 33.7. The molecule has 4 aromatic heterocycles. The first-order chi connectivity index (χ1) is 63.5. The number of aromatic nitrogens is 4. The molecule has 7 fully saturated rings. The van der Waals surface area contributed by atoms with Crippen molar-refractivity contribution in [2.45, 2.75) is 193 Å². The van der Waals surface area contributed by atoms with E-state index in [1.165, 1.54) is 185 Å². The van der Waals surface area contributed by atoms with Gasteiger partial charge in [-0.2, -0.15) is 0 Å². The smallest absolute Gasteiger partial charge is 0.493 e. The summed E-state index contributed by atoms with van der Waals surface area (Å²) in [4.78, 5) is 147. The highest BCUT2D eigenvalue weighted by Gasteiger charge is 2.71. The summed E-state index contributed by atoms with van der Waals surface area (Å²) in [7, 11) is -38.6. The standard InChI is InChI=1S/C22H27NO11P2.C21H25NO11P2.C19H21NO10P2.C19H23NO10P2/c1-30-19-12-16(9-10-18(19)32-21(24)31-17-7-3-2-4-8-17)20-33-35(26,27)22(25,36(28,29)34-20)13-15-6-5-11-23-14-15;1-29-18-11-15(8-9-17(18)31-20(23)30-16-6-2-3-7-16)19-32-34(25,26)21(24,35(27,28)33-19)12-14-5-4-10-22-13-14;21-18(27-15-4-1-5-15)28-16-8-6-14(7-9-16)17-29-31(23,24)19(22,32(25,26)30-17)11-13-3-2-10-20-12-13;1-12(2)27-18(21)28-16-7-6-13(3)9-15(16)17-29-31(23,24)19(22,32(25,26)30-17)10-14-5-4-8-20-11-14/h5-6,9-12,14,17,20,25H,2-4,7-8,13H2,1H3,(H,26,27)(H,28,29);4-5,8-11,13,16,19,24H,2-3,6-7,12H2,1H3,(H,25,26)(H,27,28);2-3,6-10,12,15,17,22H,1,4-5,11H2,(H,23,24)(H,25,26);4-9,11-12,17,22H,10H2,1-3H3,(H,23,24)(H,25,26). The maximum absolute atomic E-state index is 13.0. The van der Waals surface area contributed by atoms with E-state index >= 15 is 0 Å². The molecule has 3 saturated carbocycles. The number of methoxy groups -OCH3 is 2. The molecule has 4 aliphatic heterocycles. The minimum atomic E-state index is -5.19. The molecule has 54 heteroatoms. The predicted octanol–water partition coefficient (Wildman–Crippen LogP) is 15.2. The number of pyridine rings is 4. The van der Waals surface area contributed by atoms with Gasteiger partial charge in [0.15, 0.2) is 23.0 Å². The highest BCUT2D eigenvalue weighted by atomic mass is 31.3. The van der Waals surface area contributed by atoms with Crippen molar-refractivity contribution in [3.8, 4) is 34.5 Å². The number of ether oxygens (including phenoxy) is 10. The molecule has 8 aromatic rings. The Morgan fingerprint density at radius 3 is 0.948 bits per heavy atom. The van der Waals surface area contributed by atoms with Crippen molar-refractivity contribution in [2.24, 2.45) is 0 Å². The Hall–Kier alpha value is -8.80. The highest BCUT2D eigenvalue weighted by Crippen LogP contribution is 2.83. The fourth-order valence-corrected chi connectivity index (χ4v) is 28.3. The molecule has 12 N–H and O–H groups in total. The first-order valence-electron chi connectivity index (χ1n) is 41.2. The van der Waals surface area contributed by atoms with Gasteiger partial charge in [-0.05, 0) is 199 Å². The maximum atomic E-state index is 13.0. The van der Waals surface area contributed by atoms with Crippen LogP contribution in [0.25, 0.3) is 0 Å². The summed E-state index contributed by atoms with van der Waals surface area (Å²) in [6.07, 6.45) is 6.58. The van der Waals surface area contributed by atoms with Gasteiger partial charge in [0.25, 0.3) is 20.3 Å². The first-order valence-corrected chi connectivity index (χ1v) is 53.8. The van der Waals surface area contributed by atoms with E-state index in [9.17, 15) is 115 Å². The lowest BCUT2D eigenvalue weighted by atomic mass is 9.96. The van der Waals surface area contributed by atoms with E-state index in [2.05, 4.69) is 19.9 Å². The van der Waals surface area contributed by atoms with Crippen molar-refractivity contribution in [3.63, 3.8) is 0 Å². The van der Waals surface area contributed by atoms with Gasteiger partial charge in [-0.25, -0.2) is 19.2 Å². The van der Waals surface area contributed by atoms with Crippen molar-refractivity contribution in [1.29, 1.82) is 0 Å². The zero-order valence-corrected chi connectivity index (χ0v) is 79.3. The summed E-state index contributed by atoms with van der Waals surface area (Å²) in [6, 6.07) is 29.1. The van der Waals surface area contributed by atoms with E-state index in [1.807, 2.05) is 0 Å². The molecule has 7 aliphatic rings. The predicted molar refractivity (Wildman–Crippen MR) is 464 cm³/mol. The topological polar surface area (TPSA) is 665 Å². The molecule has 8 heterocycles. The molecular weight excluding hydrogens is 1950 g/mol. The first kappa shape index (κ1) is 105. The van der Waals surface area contributed by atoms with Crippen LogP contribution in [0.15, 0.2) is 177 Å². The molecule has 3 aliphatic carbocycles. The van der Waals surface area contributed by atoms with Crippen LogP contribution in [0.2, 0.25) is 0 Å². The highest BCUT2D eigenvalue weighted by molar-refractivity contribution is 7.75. The lowest BCUT2D eigenvalue weighted by molar-refractivity contribution is -0.0595. The van der Waals surface area contributed by atoms with Crippen LogP contribution in [0.3, 0.4) is 0 Å². The Bertz CT molecular complexity index is 5840. The molecule has 0 spiro atoms. The second kappa shape index (κ2) is 43.3. The molecule has 46 nitrogen and oxygen atoms in total. The lowest BCUT2D eigenvalue weighted by Gasteiger charge is -2.41. The maximum Gasteiger partial charge on any atom is 0.514 e. The van der Waals surface area contributed by atoms with Crippen LogP contribution in [0.4, 0.5) is 19.2 Å². The normalized spacial score (nSPS) is 31.2. The largest absolute Gasteiger partial charge is 0.514 e. The van der Waals surface area contributed by atoms with Crippen molar-refractivity contribution >= 4 is 85.4 Å². The molecule has 732 valence electrons. The molecule has 8 unspecified atom stereocenters. The minimum absolute atomic E-state index is 0.00494. The molecule has 4 saturated heterocycles. The van der Waals surface area contributed by atoms with Crippen molar-refractivity contribution in [1.82, 2.24) is 19.9 Å². The number of hydrogen-bond acceptors (Lipinski definition) is 38. The van der Waals surface area contributed by atoms with Gasteiger partial charge in [-0.3, -0.25) is 92.6 Å². The van der Waals surface area contributed by atoms with Crippen molar-refractivity contribution in [3.05, 3.63) is 227 Å². The van der Waals surface area contributed by atoms with Gasteiger partial charge in [-0.15, -0.1) is 0 Å². The second-order valence-electron chi connectivity index (χ2n) is 31.7. The fraction of sp³-hybridized carbons (Fsp3) is 0.407. The Balaban J connectivity index is 0.000000162. The third kappa shape index (κ3) is 24.7. The number of aliphatic hydroxyl groups is 4. The van der Waals surface area contributed by atoms with Crippen LogP contribution in [-0.4, -0.2) is 163 Å². The monoisotopic (exact) mass is 2040 g/mol. The molecule has 135 heavy (non-hydrogen) atoms. The zero-order valence-electron chi connectivity index (χ0n) is 72.2. The zero-order chi connectivity index (χ0) is 98.0. The third-order valence-electron chi connectivity index (χ3n) is 21.5. The van der Waals surface area contributed by atoms with E-state index in [-0.39, 0.29) is 97.3 Å². The number of nitrogens with zero attached hydrogens (tertiary/aromatic N) is 4. The van der Waals surface area contributed by atoms with E-state index in [0.717, 1.165) is 77.0 Å². The van der Waals surface area contributed by atoms with Gasteiger partial charge in [0, 0.05) is 91.9 Å². The SMILES string of the molecule is COc1cc(C2OP(=O)(O)C(O)(Cc3cccnc3)P(=O)(O)O2)ccc1OC(=O)OC1CCCC1.COc1cc(C2OP(=O)(O)C(O)(Cc3cccnc3)P(=O)(O)O2)ccc1OC(=O)OC1CCCCC1.Cc1ccc(OC(=O)OC(C)C)c(C2OP(=O)(O)C(O)(Cc3cccnc3)P(=O)(O)O2)c1.O=C(Oc1ccc(C2OP(=O)(O)C(O)(Cc3cccnc3)P(=O)(O)O2)cc1)OC1CCC1. The molecule has 8 atom stereocenters. The summed E-state index contributed by atoms with van der Waals surface area (Å²) in [5, 5.41) is 30.7. The summed E-state index contributed by atoms with van der Waals surface area (Å²) in [6.45, 7) is 4.88. The van der Waals surface area contributed by atoms with Crippen LogP contribution >= 0.6 is 60.8 Å². The van der Waals surface area contributed by atoms with Gasteiger partial charge in [0.1, 0.15) is 29.8 Å². The molecular formula is C81H96N4O42P8. The van der Waals surface area contributed by atoms with Crippen LogP contribution < -0.4 is 28.4 Å². The number of carbonyl (C=O) groups is 4. The van der Waals surface area contributed by atoms with Crippen LogP contribution in [0.5, 0.6) is 34.5 Å². The van der Waals surface area contributed by atoms with Crippen LogP contribution in [0, 0.1) is 6.92 Å².